The molecule has 0 saturated heterocycles. The highest BCUT2D eigenvalue weighted by Crippen LogP contribution is 2.06. The molecule has 0 N–H and O–H groups in total. The number of ether oxygens (including phenoxy) is 1. The van der Waals surface area contributed by atoms with Gasteiger partial charge in [-0.1, -0.05) is 0 Å². The molecule has 0 aliphatic carbocycles. The van der Waals surface area contributed by atoms with Crippen LogP contribution in [0.2, 0.25) is 0 Å². The van der Waals surface area contributed by atoms with Crippen LogP contribution < -0.4 is 0 Å². The molecule has 0 unspecified atom stereocenters. The van der Waals surface area contributed by atoms with Crippen LogP contribution in [0.1, 0.15) is 16.3 Å². The van der Waals surface area contributed by atoms with E-state index in [4.69, 9.17) is 0 Å². The maximum absolute atomic E-state index is 11.3. The third-order valence-electron chi connectivity index (χ3n) is 1.98. The number of rotatable bonds is 2. The Bertz CT molecular complexity index is 508. The summed E-state index contributed by atoms with van der Waals surface area (Å²) in [4.78, 5) is 23.3. The summed E-state index contributed by atoms with van der Waals surface area (Å²) in [5, 5.41) is 0. The molecular weight excluding hydrogens is 208 g/mol. The van der Waals surface area contributed by atoms with Gasteiger partial charge in [-0.15, -0.1) is 0 Å². The van der Waals surface area contributed by atoms with Crippen molar-refractivity contribution in [3.63, 3.8) is 0 Å². The van der Waals surface area contributed by atoms with Crippen molar-refractivity contribution >= 4 is 5.97 Å². The first kappa shape index (κ1) is 10.3. The fourth-order valence-corrected chi connectivity index (χ4v) is 1.26. The summed E-state index contributed by atoms with van der Waals surface area (Å²) in [6.07, 6.45) is 4.97. The molecular formula is C10H10N4O2. The number of hydrogen-bond acceptors (Lipinski definition) is 5. The van der Waals surface area contributed by atoms with E-state index in [0.29, 0.717) is 11.5 Å². The summed E-state index contributed by atoms with van der Waals surface area (Å²) in [6, 6.07) is 1.76. The van der Waals surface area contributed by atoms with Gasteiger partial charge in [0.2, 0.25) is 5.82 Å². The van der Waals surface area contributed by atoms with Gasteiger partial charge in [-0.3, -0.25) is 4.57 Å². The van der Waals surface area contributed by atoms with Crippen molar-refractivity contribution in [3.05, 3.63) is 36.3 Å². The normalized spacial score (nSPS) is 10.1. The highest BCUT2D eigenvalue weighted by molar-refractivity contribution is 5.85. The van der Waals surface area contributed by atoms with Gasteiger partial charge in [0.25, 0.3) is 0 Å². The van der Waals surface area contributed by atoms with Crippen molar-refractivity contribution in [2.45, 2.75) is 6.92 Å². The number of carbonyl (C=O) groups is 1. The van der Waals surface area contributed by atoms with Gasteiger partial charge in [-0.05, 0) is 6.92 Å². The minimum atomic E-state index is -0.551. The van der Waals surface area contributed by atoms with E-state index in [2.05, 4.69) is 19.7 Å². The molecule has 2 aromatic heterocycles. The largest absolute Gasteiger partial charge is 0.463 e. The van der Waals surface area contributed by atoms with Crippen molar-refractivity contribution in [2.24, 2.45) is 0 Å². The Morgan fingerprint density at radius 1 is 1.44 bits per heavy atom. The van der Waals surface area contributed by atoms with Crippen molar-refractivity contribution in [1.82, 2.24) is 19.5 Å². The van der Waals surface area contributed by atoms with Crippen LogP contribution in [-0.2, 0) is 4.74 Å². The molecule has 6 heteroatoms. The van der Waals surface area contributed by atoms with Crippen LogP contribution >= 0.6 is 0 Å². The van der Waals surface area contributed by atoms with E-state index in [1.54, 1.807) is 36.3 Å². The topological polar surface area (TPSA) is 69.9 Å². The molecule has 0 aromatic carbocycles. The molecule has 0 aliphatic rings. The predicted molar refractivity (Wildman–Crippen MR) is 55.2 cm³/mol. The maximum atomic E-state index is 11.3. The standard InChI is InChI=1S/C10H10N4O2/c1-7-5-8(14-4-3-11-6-14)13-9(12-7)10(15)16-2/h3-6H,1-2H3. The van der Waals surface area contributed by atoms with Crippen LogP contribution in [0.15, 0.2) is 24.8 Å². The van der Waals surface area contributed by atoms with E-state index >= 15 is 0 Å². The maximum Gasteiger partial charge on any atom is 0.376 e. The zero-order chi connectivity index (χ0) is 11.5. The minimum absolute atomic E-state index is 0.0474. The molecule has 0 bridgehead atoms. The van der Waals surface area contributed by atoms with E-state index < -0.39 is 5.97 Å². The Morgan fingerprint density at radius 3 is 2.88 bits per heavy atom. The Morgan fingerprint density at radius 2 is 2.25 bits per heavy atom. The Balaban J connectivity index is 2.48. The second-order valence-corrected chi connectivity index (χ2v) is 3.15. The number of methoxy groups -OCH3 is 1. The summed E-state index contributed by atoms with van der Waals surface area (Å²) in [7, 11) is 1.30. The van der Waals surface area contributed by atoms with Crippen LogP contribution in [0.5, 0.6) is 0 Å². The number of nitrogens with zero attached hydrogens (tertiary/aromatic N) is 4. The van der Waals surface area contributed by atoms with Gasteiger partial charge in [-0.25, -0.2) is 19.7 Å². The number of hydrogen-bond donors (Lipinski definition) is 0. The van der Waals surface area contributed by atoms with Gasteiger partial charge in [0, 0.05) is 24.2 Å². The molecule has 2 aromatic rings. The van der Waals surface area contributed by atoms with Crippen LogP contribution in [-0.4, -0.2) is 32.6 Å². The van der Waals surface area contributed by atoms with Crippen molar-refractivity contribution in [3.8, 4) is 5.82 Å². The van der Waals surface area contributed by atoms with Crippen LogP contribution in [0.3, 0.4) is 0 Å². The van der Waals surface area contributed by atoms with E-state index in [1.165, 1.54) is 7.11 Å². The summed E-state index contributed by atoms with van der Waals surface area (Å²) < 4.78 is 6.27. The van der Waals surface area contributed by atoms with E-state index in [9.17, 15) is 4.79 Å². The molecule has 0 radical (unpaired) electrons. The second-order valence-electron chi connectivity index (χ2n) is 3.15. The molecule has 6 nitrogen and oxygen atoms in total. The number of imidazole rings is 1. The molecule has 2 heterocycles. The van der Waals surface area contributed by atoms with Gasteiger partial charge >= 0.3 is 5.97 Å². The molecule has 0 saturated carbocycles. The van der Waals surface area contributed by atoms with Gasteiger partial charge in [0.1, 0.15) is 12.1 Å². The summed E-state index contributed by atoms with van der Waals surface area (Å²) in [5.41, 5.74) is 0.694. The highest BCUT2D eigenvalue weighted by atomic mass is 16.5. The first-order chi connectivity index (χ1) is 7.70. The molecule has 2 rings (SSSR count). The minimum Gasteiger partial charge on any atom is -0.463 e. The van der Waals surface area contributed by atoms with E-state index in [-0.39, 0.29) is 5.82 Å². The van der Waals surface area contributed by atoms with Gasteiger partial charge in [-0.2, -0.15) is 0 Å². The zero-order valence-corrected chi connectivity index (χ0v) is 8.91. The SMILES string of the molecule is COC(=O)c1nc(C)cc(-n2ccnc2)n1. The summed E-state index contributed by atoms with van der Waals surface area (Å²) in [5.74, 6) is 0.0849. The lowest BCUT2D eigenvalue weighted by molar-refractivity contribution is 0.0586. The highest BCUT2D eigenvalue weighted by Gasteiger charge is 2.11. The Kier molecular flexibility index (Phi) is 2.63. The Labute approximate surface area is 91.9 Å². The molecule has 0 fully saturated rings. The molecule has 16 heavy (non-hydrogen) atoms. The smallest absolute Gasteiger partial charge is 0.376 e. The molecule has 82 valence electrons. The average molecular weight is 218 g/mol. The quantitative estimate of drug-likeness (QED) is 0.696. The number of carbonyl (C=O) groups excluding carboxylic acids is 1. The first-order valence-electron chi connectivity index (χ1n) is 4.63. The van der Waals surface area contributed by atoms with Crippen LogP contribution in [0.4, 0.5) is 0 Å². The van der Waals surface area contributed by atoms with Gasteiger partial charge < -0.3 is 4.74 Å². The van der Waals surface area contributed by atoms with Crippen molar-refractivity contribution in [2.75, 3.05) is 7.11 Å². The lowest BCUT2D eigenvalue weighted by Crippen LogP contribution is -2.10. The molecule has 0 atom stereocenters. The van der Waals surface area contributed by atoms with Crippen molar-refractivity contribution < 1.29 is 9.53 Å². The Hall–Kier alpha value is -2.24. The third-order valence-corrected chi connectivity index (χ3v) is 1.98. The zero-order valence-electron chi connectivity index (χ0n) is 8.91. The number of aromatic nitrogens is 4. The summed E-state index contributed by atoms with van der Waals surface area (Å²) >= 11 is 0. The predicted octanol–water partition coefficient (Wildman–Crippen LogP) is 0.757. The molecule has 0 amide bonds. The fraction of sp³-hybridized carbons (Fsp3) is 0.200. The van der Waals surface area contributed by atoms with Crippen LogP contribution in [0.25, 0.3) is 5.82 Å². The third kappa shape index (κ3) is 1.90. The first-order valence-corrected chi connectivity index (χ1v) is 4.63. The lowest BCUT2D eigenvalue weighted by atomic mass is 10.4. The fourth-order valence-electron chi connectivity index (χ4n) is 1.26. The molecule has 0 spiro atoms. The van der Waals surface area contributed by atoms with Crippen molar-refractivity contribution in [1.29, 1.82) is 0 Å². The van der Waals surface area contributed by atoms with Gasteiger partial charge in [0.15, 0.2) is 0 Å². The molecule has 0 aliphatic heterocycles. The number of aryl methyl sites for hydroxylation is 1. The number of esters is 1. The van der Waals surface area contributed by atoms with Gasteiger partial charge in [0.05, 0.1) is 7.11 Å². The van der Waals surface area contributed by atoms with E-state index in [1.807, 2.05) is 0 Å². The van der Waals surface area contributed by atoms with E-state index in [0.717, 1.165) is 0 Å². The summed E-state index contributed by atoms with van der Waals surface area (Å²) in [6.45, 7) is 1.79. The lowest BCUT2D eigenvalue weighted by Gasteiger charge is -2.04. The average Bonchev–Trinajstić information content (AvgIpc) is 2.80. The monoisotopic (exact) mass is 218 g/mol. The second kappa shape index (κ2) is 4.09. The van der Waals surface area contributed by atoms with Crippen LogP contribution in [0, 0.1) is 6.92 Å².